The molecule has 3 rings (SSSR count). The molecule has 1 unspecified atom stereocenters. The molecule has 37 heavy (non-hydrogen) atoms. The number of benzene rings is 3. The van der Waals surface area contributed by atoms with Gasteiger partial charge in [0.1, 0.15) is 35.3 Å². The molecule has 3 aromatic carbocycles. The first-order valence-electron chi connectivity index (χ1n) is 11.5. The molecule has 1 atom stereocenters. The molecule has 1 amide bonds. The zero-order valence-electron chi connectivity index (χ0n) is 20.1. The van der Waals surface area contributed by atoms with Gasteiger partial charge in [0.25, 0.3) is 0 Å². The molecule has 4 N–H and O–H groups in total. The van der Waals surface area contributed by atoms with Gasteiger partial charge < -0.3 is 29.6 Å². The molecule has 0 saturated heterocycles. The molecule has 0 saturated carbocycles. The Bertz CT molecular complexity index is 1160. The van der Waals surface area contributed by atoms with Crippen molar-refractivity contribution in [3.63, 3.8) is 0 Å². The fourth-order valence-electron chi connectivity index (χ4n) is 3.15. The SMILES string of the molecule is N=[N+]=NCCOCCOC(=O)NC(Cc1ccc(N)cc1)P(=O)(Oc1ccccc1)Oc1ccccc1. The molecule has 0 aromatic heterocycles. The number of anilines is 1. The summed E-state index contributed by atoms with van der Waals surface area (Å²) < 4.78 is 36.7. The van der Waals surface area contributed by atoms with Gasteiger partial charge in [-0.25, -0.2) is 9.36 Å². The van der Waals surface area contributed by atoms with Gasteiger partial charge in [-0.2, -0.15) is 0 Å². The first kappa shape index (κ1) is 27.4. The lowest BCUT2D eigenvalue weighted by Gasteiger charge is -2.28. The molecule has 0 aliphatic carbocycles. The Balaban J connectivity index is 1.80. The average Bonchev–Trinajstić information content (AvgIpc) is 2.90. The van der Waals surface area contributed by atoms with Gasteiger partial charge in [-0.05, 0) is 42.0 Å². The summed E-state index contributed by atoms with van der Waals surface area (Å²) >= 11 is 0. The van der Waals surface area contributed by atoms with Crippen LogP contribution in [0.25, 0.3) is 0 Å². The number of nitrogen functional groups attached to an aromatic ring is 1. The van der Waals surface area contributed by atoms with Crippen LogP contribution in [0.5, 0.6) is 11.5 Å². The van der Waals surface area contributed by atoms with Gasteiger partial charge in [0, 0.05) is 12.1 Å². The number of hydrogen-bond acceptors (Lipinski definition) is 9. The topological polar surface area (TPSA) is 159 Å². The maximum absolute atomic E-state index is 14.3. The lowest BCUT2D eigenvalue weighted by atomic mass is 10.1. The van der Waals surface area contributed by atoms with Crippen LogP contribution in [-0.4, -0.2) is 38.2 Å². The Kier molecular flexibility index (Phi) is 10.7. The van der Waals surface area contributed by atoms with E-state index >= 15 is 0 Å². The highest BCUT2D eigenvalue weighted by molar-refractivity contribution is 7.55. The number of hydrogen-bond donors (Lipinski definition) is 3. The molecule has 0 bridgehead atoms. The highest BCUT2D eigenvalue weighted by Gasteiger charge is 2.41. The number of nitrogens with zero attached hydrogens (tertiary/aromatic N) is 2. The van der Waals surface area contributed by atoms with Crippen LogP contribution < -0.4 is 25.0 Å². The van der Waals surface area contributed by atoms with E-state index in [-0.39, 0.29) is 32.8 Å². The predicted octanol–water partition coefficient (Wildman–Crippen LogP) is 4.78. The Morgan fingerprint density at radius 2 is 1.51 bits per heavy atom. The summed E-state index contributed by atoms with van der Waals surface area (Å²) in [6.45, 7) is 0.526. The van der Waals surface area contributed by atoms with E-state index in [1.807, 2.05) is 0 Å². The van der Waals surface area contributed by atoms with E-state index in [9.17, 15) is 9.36 Å². The molecular weight excluding hydrogens is 497 g/mol. The van der Waals surface area contributed by atoms with Crippen molar-refractivity contribution in [2.45, 2.75) is 12.2 Å². The van der Waals surface area contributed by atoms with Crippen LogP contribution in [-0.2, 0) is 20.5 Å². The van der Waals surface area contributed by atoms with Crippen molar-refractivity contribution in [1.82, 2.24) is 10.2 Å². The van der Waals surface area contributed by atoms with E-state index in [1.165, 1.54) is 0 Å². The molecule has 0 spiro atoms. The Hall–Kier alpha value is -4.17. The van der Waals surface area contributed by atoms with Gasteiger partial charge in [0.05, 0.1) is 13.2 Å². The van der Waals surface area contributed by atoms with E-state index in [1.54, 1.807) is 84.9 Å². The molecule has 12 heteroatoms. The van der Waals surface area contributed by atoms with E-state index in [4.69, 9.17) is 29.8 Å². The van der Waals surface area contributed by atoms with Crippen LogP contribution in [0.3, 0.4) is 0 Å². The minimum Gasteiger partial charge on any atom is -0.447 e. The van der Waals surface area contributed by atoms with Crippen LogP contribution in [0.1, 0.15) is 5.56 Å². The summed E-state index contributed by atoms with van der Waals surface area (Å²) in [7, 11) is -4.08. The Morgan fingerprint density at radius 3 is 2.08 bits per heavy atom. The number of amides is 1. The molecular formula is C25H29N5O6P+. The molecule has 0 aliphatic heterocycles. The van der Waals surface area contributed by atoms with Crippen molar-refractivity contribution >= 4 is 19.4 Å². The van der Waals surface area contributed by atoms with Gasteiger partial charge in [0.2, 0.25) is 4.91 Å². The van der Waals surface area contributed by atoms with Gasteiger partial charge in [0.15, 0.2) is 5.78 Å². The van der Waals surface area contributed by atoms with Crippen LogP contribution in [0, 0.1) is 5.53 Å². The van der Waals surface area contributed by atoms with Gasteiger partial charge >= 0.3 is 13.7 Å². The van der Waals surface area contributed by atoms with Crippen molar-refractivity contribution in [3.05, 3.63) is 90.5 Å². The van der Waals surface area contributed by atoms with Crippen molar-refractivity contribution in [2.24, 2.45) is 5.11 Å². The first-order valence-corrected chi connectivity index (χ1v) is 13.1. The fourth-order valence-corrected chi connectivity index (χ4v) is 4.97. The number of alkyl carbamates (subject to hydrolysis) is 1. The first-order chi connectivity index (χ1) is 18.0. The number of nitrogens with one attached hydrogen (secondary N) is 2. The predicted molar refractivity (Wildman–Crippen MR) is 138 cm³/mol. The second kappa shape index (κ2) is 14.4. The number of carbonyl (C=O) groups is 1. The van der Waals surface area contributed by atoms with Crippen molar-refractivity contribution < 1.29 is 27.9 Å². The van der Waals surface area contributed by atoms with E-state index in [2.05, 4.69) is 15.3 Å². The summed E-state index contributed by atoms with van der Waals surface area (Å²) in [6, 6.07) is 24.1. The summed E-state index contributed by atoms with van der Waals surface area (Å²) in [6.07, 6.45) is -0.704. The molecule has 3 aromatic rings. The third-order valence-electron chi connectivity index (χ3n) is 4.89. The molecule has 0 aliphatic rings. The third kappa shape index (κ3) is 9.42. The average molecular weight is 527 g/mol. The Morgan fingerprint density at radius 1 is 0.919 bits per heavy atom. The van der Waals surface area contributed by atoms with E-state index in [0.29, 0.717) is 17.2 Å². The lowest BCUT2D eigenvalue weighted by Crippen LogP contribution is -2.39. The molecule has 0 heterocycles. The molecule has 0 radical (unpaired) electrons. The fraction of sp³-hybridized carbons (Fsp3) is 0.240. The van der Waals surface area contributed by atoms with Crippen molar-refractivity contribution in [2.75, 3.05) is 32.1 Å². The smallest absolute Gasteiger partial charge is 0.447 e. The van der Waals surface area contributed by atoms with Crippen molar-refractivity contribution in [1.29, 1.82) is 5.53 Å². The quantitative estimate of drug-likeness (QED) is 0.0896. The van der Waals surface area contributed by atoms with Gasteiger partial charge in [-0.1, -0.05) is 48.5 Å². The largest absolute Gasteiger partial charge is 0.453 e. The van der Waals surface area contributed by atoms with Crippen molar-refractivity contribution in [3.8, 4) is 11.5 Å². The zero-order chi connectivity index (χ0) is 26.3. The highest BCUT2D eigenvalue weighted by atomic mass is 31.2. The number of ether oxygens (including phenoxy) is 2. The molecule has 0 fully saturated rings. The minimum atomic E-state index is -4.08. The van der Waals surface area contributed by atoms with E-state index in [0.717, 1.165) is 5.56 Å². The lowest BCUT2D eigenvalue weighted by molar-refractivity contribution is 0.0752. The zero-order valence-corrected chi connectivity index (χ0v) is 21.0. The second-order valence-corrected chi connectivity index (χ2v) is 9.74. The highest BCUT2D eigenvalue weighted by Crippen LogP contribution is 2.53. The monoisotopic (exact) mass is 526 g/mol. The number of nitrogens with two attached hydrogens (primary N) is 1. The molecule has 11 nitrogen and oxygen atoms in total. The molecule has 194 valence electrons. The van der Waals surface area contributed by atoms with Gasteiger partial charge in [-0.15, -0.1) is 0 Å². The number of para-hydroxylation sites is 2. The summed E-state index contributed by atoms with van der Waals surface area (Å²) in [5.74, 6) is -0.475. The second-order valence-electron chi connectivity index (χ2n) is 7.67. The summed E-state index contributed by atoms with van der Waals surface area (Å²) in [4.78, 5) is 15.6. The number of rotatable bonds is 14. The Labute approximate surface area is 214 Å². The summed E-state index contributed by atoms with van der Waals surface area (Å²) in [5.41, 5.74) is 13.7. The van der Waals surface area contributed by atoms with Crippen LogP contribution in [0.2, 0.25) is 0 Å². The summed E-state index contributed by atoms with van der Waals surface area (Å²) in [5, 5.41) is 6.12. The maximum atomic E-state index is 14.3. The number of carbonyl (C=O) groups excluding carboxylic acids is 1. The van der Waals surface area contributed by atoms with Gasteiger partial charge in [-0.3, -0.25) is 0 Å². The van der Waals surface area contributed by atoms with Crippen LogP contribution in [0.4, 0.5) is 10.5 Å². The normalized spacial score (nSPS) is 11.6. The van der Waals surface area contributed by atoms with Crippen LogP contribution >= 0.6 is 7.60 Å². The standard InChI is InChI=1S/C25H28N5O6P/c26-21-13-11-20(12-14-21)19-24(29-25(31)34-18-17-33-16-15-28-30-27)37(32,35-22-7-3-1-4-8-22)36-23-9-5-2-6-10-23/h1-14,24,27H,15-19,26H2/p+1. The van der Waals surface area contributed by atoms with E-state index < -0.39 is 19.5 Å². The van der Waals surface area contributed by atoms with Crippen LogP contribution in [0.15, 0.2) is 90.0 Å². The maximum Gasteiger partial charge on any atom is 0.453 e. The minimum absolute atomic E-state index is 0.0537. The third-order valence-corrected chi connectivity index (χ3v) is 6.90.